The molecule has 0 spiro atoms. The summed E-state index contributed by atoms with van der Waals surface area (Å²) in [6, 6.07) is -0.661. The first-order valence-corrected chi connectivity index (χ1v) is 24.8. The maximum atomic E-state index is 14.3. The van der Waals surface area contributed by atoms with Gasteiger partial charge in [-0.3, -0.25) is 9.59 Å². The van der Waals surface area contributed by atoms with Crippen LogP contribution in [0.3, 0.4) is 0 Å². The number of aromatic amines is 1. The van der Waals surface area contributed by atoms with Gasteiger partial charge in [-0.25, -0.2) is 4.98 Å². The van der Waals surface area contributed by atoms with E-state index in [0.29, 0.717) is 63.5 Å². The van der Waals surface area contributed by atoms with Crippen LogP contribution in [0.4, 0.5) is 0 Å². The van der Waals surface area contributed by atoms with Crippen molar-refractivity contribution in [3.63, 3.8) is 0 Å². The minimum Gasteiger partial charge on any atom is -0.481 e. The molecule has 2 saturated heterocycles. The number of aliphatic carboxylic acids is 1. The van der Waals surface area contributed by atoms with Crippen molar-refractivity contribution in [2.24, 2.45) is 79.6 Å². The number of carbonyl (C=O) groups is 2. The third kappa shape index (κ3) is 6.82. The van der Waals surface area contributed by atoms with Crippen molar-refractivity contribution in [2.45, 2.75) is 153 Å². The molecule has 67 heavy (non-hydrogen) atoms. The number of hydrogen-bond donors (Lipinski definition) is 12. The first-order chi connectivity index (χ1) is 31.6. The number of nitrogens with one attached hydrogen (secondary N) is 2. The Bertz CT molecular complexity index is 2110. The monoisotopic (exact) mass is 941 g/mol. The van der Waals surface area contributed by atoms with Crippen LogP contribution in [0.15, 0.2) is 36.3 Å². The van der Waals surface area contributed by atoms with Gasteiger partial charge >= 0.3 is 5.97 Å². The van der Waals surface area contributed by atoms with Crippen molar-refractivity contribution >= 4 is 11.9 Å². The van der Waals surface area contributed by atoms with E-state index in [4.69, 9.17) is 15.2 Å². The molecule has 6 fully saturated rings. The number of rotatable bonds is 11. The van der Waals surface area contributed by atoms with Gasteiger partial charge in [0.25, 0.3) is 0 Å². The molecule has 374 valence electrons. The highest BCUT2D eigenvalue weighted by Crippen LogP contribution is 2.78. The summed E-state index contributed by atoms with van der Waals surface area (Å²) < 4.78 is 12.5. The van der Waals surface area contributed by atoms with Crippen molar-refractivity contribution in [1.82, 2.24) is 15.3 Å². The minimum absolute atomic E-state index is 0.0361. The zero-order chi connectivity index (χ0) is 48.4. The molecule has 0 aromatic carbocycles. The number of carboxylic acids is 1. The molecule has 13 N–H and O–H groups in total. The van der Waals surface area contributed by atoms with E-state index in [1.165, 1.54) is 0 Å². The van der Waals surface area contributed by atoms with Crippen LogP contribution < -0.4 is 11.1 Å². The topological polar surface area (TPSA) is 301 Å². The summed E-state index contributed by atoms with van der Waals surface area (Å²) in [5, 5.41) is 104. The van der Waals surface area contributed by atoms with Gasteiger partial charge in [0.15, 0.2) is 6.29 Å². The fourth-order valence-corrected chi connectivity index (χ4v) is 17.1. The van der Waals surface area contributed by atoms with Crippen molar-refractivity contribution < 1.29 is 65.0 Å². The summed E-state index contributed by atoms with van der Waals surface area (Å²) in [6.07, 6.45) is 4.80. The van der Waals surface area contributed by atoms with Crippen molar-refractivity contribution in [1.29, 1.82) is 0 Å². The second-order valence-corrected chi connectivity index (χ2v) is 23.7. The van der Waals surface area contributed by atoms with Gasteiger partial charge in [-0.15, -0.1) is 0 Å². The van der Waals surface area contributed by atoms with Gasteiger partial charge in [0.1, 0.15) is 24.5 Å². The fourth-order valence-electron chi connectivity index (χ4n) is 17.1. The molecule has 1 aromatic rings. The molecule has 9 rings (SSSR count). The van der Waals surface area contributed by atoms with E-state index in [9.17, 15) is 55.5 Å². The van der Waals surface area contributed by atoms with Crippen LogP contribution in [0, 0.1) is 73.9 Å². The zero-order valence-corrected chi connectivity index (χ0v) is 39.6. The molecule has 2 aliphatic heterocycles. The number of aromatic nitrogens is 2. The van der Waals surface area contributed by atoms with Gasteiger partial charge in [-0.05, 0) is 115 Å². The SMILES string of the molecule is CC1(CO)CCC2(C(=O)O)CCC3(C)C(=CCC4C5(C)C(C6C=CC(CCC(N)O)(c7cnc[nH]7)C7NC(=O)C(CO)C67)C(O)C(OC6OCC(O)C(O)C6O)C(C)(CO)C5CCC43C)C2C1. The minimum atomic E-state index is -1.68. The summed E-state index contributed by atoms with van der Waals surface area (Å²) in [5.41, 5.74) is 2.47. The number of aliphatic hydroxyl groups is 8. The van der Waals surface area contributed by atoms with E-state index in [-0.39, 0.29) is 43.3 Å². The number of hydrogen-bond acceptors (Lipinski definition) is 14. The number of carboxylic acid groups (broad SMARTS) is 1. The van der Waals surface area contributed by atoms with E-state index in [1.54, 1.807) is 12.5 Å². The molecule has 1 amide bonds. The highest BCUT2D eigenvalue weighted by molar-refractivity contribution is 5.83. The Morgan fingerprint density at radius 3 is 2.36 bits per heavy atom. The molecule has 0 radical (unpaired) electrons. The van der Waals surface area contributed by atoms with Crippen LogP contribution in [-0.4, -0.2) is 143 Å². The Kier molecular flexibility index (Phi) is 12.4. The van der Waals surface area contributed by atoms with E-state index in [1.807, 2.05) is 19.1 Å². The van der Waals surface area contributed by atoms with E-state index in [0.717, 1.165) is 5.57 Å². The van der Waals surface area contributed by atoms with Crippen molar-refractivity contribution in [2.75, 3.05) is 26.4 Å². The fraction of sp³-hybridized carbons (Fsp3) is 0.820. The Balaban J connectivity index is 1.23. The number of nitrogens with zero attached hydrogens (tertiary/aromatic N) is 1. The first kappa shape index (κ1) is 49.2. The smallest absolute Gasteiger partial charge is 0.310 e. The van der Waals surface area contributed by atoms with Gasteiger partial charge < -0.3 is 71.5 Å². The van der Waals surface area contributed by atoms with E-state index < -0.39 is 130 Å². The lowest BCUT2D eigenvalue weighted by molar-refractivity contribution is -0.343. The van der Waals surface area contributed by atoms with Gasteiger partial charge in [0.2, 0.25) is 5.91 Å². The molecular weight excluding hydrogens is 865 g/mol. The van der Waals surface area contributed by atoms with Crippen LogP contribution in [0.2, 0.25) is 0 Å². The second-order valence-electron chi connectivity index (χ2n) is 23.7. The predicted octanol–water partition coefficient (Wildman–Crippen LogP) is 1.47. The Morgan fingerprint density at radius 2 is 1.72 bits per heavy atom. The summed E-state index contributed by atoms with van der Waals surface area (Å²) in [7, 11) is 0. The van der Waals surface area contributed by atoms with Gasteiger partial charge in [0.05, 0.1) is 55.1 Å². The van der Waals surface area contributed by atoms with Crippen LogP contribution in [0.1, 0.15) is 105 Å². The lowest BCUT2D eigenvalue weighted by Gasteiger charge is -2.74. The van der Waals surface area contributed by atoms with Gasteiger partial charge in [0, 0.05) is 35.9 Å². The summed E-state index contributed by atoms with van der Waals surface area (Å²) in [5.74, 6) is -4.85. The molecule has 8 aliphatic rings. The number of H-pyrrole nitrogens is 1. The Labute approximate surface area is 392 Å². The first-order valence-electron chi connectivity index (χ1n) is 24.8. The summed E-state index contributed by atoms with van der Waals surface area (Å²) in [4.78, 5) is 35.3. The number of carbonyl (C=O) groups excluding carboxylic acids is 1. The van der Waals surface area contributed by atoms with E-state index >= 15 is 0 Å². The third-order valence-electron chi connectivity index (χ3n) is 21.0. The lowest BCUT2D eigenvalue weighted by atomic mass is 9.31. The zero-order valence-electron chi connectivity index (χ0n) is 39.6. The summed E-state index contributed by atoms with van der Waals surface area (Å²) >= 11 is 0. The molecule has 6 aliphatic carbocycles. The maximum Gasteiger partial charge on any atom is 0.310 e. The Hall–Kier alpha value is -2.81. The number of fused-ring (bicyclic) bond motifs is 8. The highest BCUT2D eigenvalue weighted by atomic mass is 16.7. The van der Waals surface area contributed by atoms with Crippen LogP contribution in [0.25, 0.3) is 0 Å². The molecule has 1 aromatic heterocycles. The van der Waals surface area contributed by atoms with Crippen LogP contribution in [0.5, 0.6) is 0 Å². The predicted molar refractivity (Wildman–Crippen MR) is 241 cm³/mol. The molecule has 0 bridgehead atoms. The molecule has 22 atom stereocenters. The number of imidazole rings is 1. The normalized spacial score (nSPS) is 51.9. The average molecular weight is 941 g/mol. The van der Waals surface area contributed by atoms with Gasteiger partial charge in [-0.2, -0.15) is 0 Å². The largest absolute Gasteiger partial charge is 0.481 e. The number of allylic oxidation sites excluding steroid dienone is 3. The average Bonchev–Trinajstić information content (AvgIpc) is 3.96. The van der Waals surface area contributed by atoms with Crippen LogP contribution >= 0.6 is 0 Å². The van der Waals surface area contributed by atoms with Crippen molar-refractivity contribution in [3.05, 3.63) is 42.0 Å². The summed E-state index contributed by atoms with van der Waals surface area (Å²) in [6.45, 7) is 9.50. The van der Waals surface area contributed by atoms with Gasteiger partial charge in [-0.1, -0.05) is 58.4 Å². The number of ether oxygens (including phenoxy) is 2. The quantitative estimate of drug-likeness (QED) is 0.0850. The number of amides is 1. The van der Waals surface area contributed by atoms with E-state index in [2.05, 4.69) is 49.1 Å². The van der Waals surface area contributed by atoms with Crippen molar-refractivity contribution in [3.8, 4) is 0 Å². The number of aliphatic hydroxyl groups excluding tert-OH is 8. The number of nitrogens with two attached hydrogens (primary N) is 1. The molecular formula is C50H76N4O13. The Morgan fingerprint density at radius 1 is 0.985 bits per heavy atom. The molecule has 17 heteroatoms. The third-order valence-corrected chi connectivity index (χ3v) is 21.0. The molecule has 22 unspecified atom stereocenters. The molecule has 17 nitrogen and oxygen atoms in total. The highest BCUT2D eigenvalue weighted by Gasteiger charge is 2.75. The van der Waals surface area contributed by atoms with Crippen LogP contribution in [-0.2, 0) is 24.5 Å². The second kappa shape index (κ2) is 16.9. The maximum absolute atomic E-state index is 14.3. The standard InChI is InChI=1S/C50H76N4O13/c1-44(22-56)14-16-49(43(64)65)17-15-46(3)27(28(49)18-44)6-7-31-47(46,4)11-9-30-45(2,23-57)40(67-42-38(62)36(60)29(58)21-66-42)37(61)35(48(30,31)5)25-8-12-50(13-10-33(51)59,32-19-52-24-53-32)39-34(25)26(20-55)41(63)54-39/h6,8,12,19,24-26,28-31,33-40,42,55-62H,7,9-11,13-18,20-23,51H2,1-5H3,(H,52,53)(H,54,63)(H,64,65). The molecule has 4 saturated carbocycles. The molecule has 3 heterocycles. The lowest BCUT2D eigenvalue weighted by Crippen LogP contribution is -2.74.